The number of hydrogen-bond acceptors (Lipinski definition) is 5. The summed E-state index contributed by atoms with van der Waals surface area (Å²) in [5.41, 5.74) is 0.839. The number of hydrogen-bond donors (Lipinski definition) is 2. The molecule has 1 aliphatic rings. The smallest absolute Gasteiger partial charge is 0.257 e. The van der Waals surface area contributed by atoms with Crippen molar-refractivity contribution in [2.75, 3.05) is 0 Å². The van der Waals surface area contributed by atoms with Crippen molar-refractivity contribution in [1.82, 2.24) is 15.5 Å². The van der Waals surface area contributed by atoms with E-state index in [1.807, 2.05) is 30.3 Å². The van der Waals surface area contributed by atoms with Gasteiger partial charge in [0.1, 0.15) is 0 Å². The molecule has 1 aliphatic carbocycles. The Balaban J connectivity index is 1.67. The lowest BCUT2D eigenvalue weighted by Gasteiger charge is -2.16. The van der Waals surface area contributed by atoms with Gasteiger partial charge in [0.25, 0.3) is 5.89 Å². The van der Waals surface area contributed by atoms with Gasteiger partial charge in [-0.1, -0.05) is 23.4 Å². The summed E-state index contributed by atoms with van der Waals surface area (Å²) in [5, 5.41) is 16.6. The topological polar surface area (TPSA) is 88.2 Å². The number of nitrogens with zero attached hydrogens (tertiary/aromatic N) is 2. The lowest BCUT2D eigenvalue weighted by atomic mass is 10.0. The fourth-order valence-electron chi connectivity index (χ4n) is 2.74. The third kappa shape index (κ3) is 3.01. The van der Waals surface area contributed by atoms with Crippen molar-refractivity contribution in [3.63, 3.8) is 0 Å². The van der Waals surface area contributed by atoms with Crippen molar-refractivity contribution >= 4 is 5.91 Å². The van der Waals surface area contributed by atoms with E-state index < -0.39 is 6.10 Å². The number of carbonyl (C=O) groups excluding carboxylic acids is 1. The molecule has 0 bridgehead atoms. The van der Waals surface area contributed by atoms with Gasteiger partial charge in [-0.15, -0.1) is 0 Å². The molecule has 22 heavy (non-hydrogen) atoms. The number of aliphatic hydroxyl groups is 1. The summed E-state index contributed by atoms with van der Waals surface area (Å²) in [6.07, 6.45) is 1.75. The number of aromatic nitrogens is 2. The minimum absolute atomic E-state index is 0.149. The van der Waals surface area contributed by atoms with Gasteiger partial charge >= 0.3 is 0 Å². The van der Waals surface area contributed by atoms with Gasteiger partial charge in [0.15, 0.2) is 5.82 Å². The lowest BCUT2D eigenvalue weighted by Crippen LogP contribution is -2.36. The maximum Gasteiger partial charge on any atom is 0.257 e. The molecule has 2 N–H and O–H groups in total. The van der Waals surface area contributed by atoms with Crippen molar-refractivity contribution in [2.24, 2.45) is 5.92 Å². The highest BCUT2D eigenvalue weighted by Gasteiger charge is 2.32. The highest BCUT2D eigenvalue weighted by molar-refractivity contribution is 5.79. The normalized spacial score (nSPS) is 22.5. The maximum absolute atomic E-state index is 12.2. The van der Waals surface area contributed by atoms with E-state index >= 15 is 0 Å². The average molecular weight is 301 g/mol. The SMILES string of the molecule is CC(NC(=O)C1CCCC1O)c1noc(-c2ccccc2)n1. The molecule has 1 aromatic heterocycles. The summed E-state index contributed by atoms with van der Waals surface area (Å²) >= 11 is 0. The van der Waals surface area contributed by atoms with Crippen LogP contribution in [0.5, 0.6) is 0 Å². The molecule has 2 aromatic rings. The third-order valence-electron chi connectivity index (χ3n) is 4.02. The molecule has 1 amide bonds. The molecule has 116 valence electrons. The van der Waals surface area contributed by atoms with Gasteiger partial charge in [0, 0.05) is 5.56 Å². The van der Waals surface area contributed by atoms with Crippen molar-refractivity contribution in [1.29, 1.82) is 0 Å². The van der Waals surface area contributed by atoms with E-state index in [0.29, 0.717) is 18.1 Å². The Morgan fingerprint density at radius 1 is 1.36 bits per heavy atom. The highest BCUT2D eigenvalue weighted by atomic mass is 16.5. The Kier molecular flexibility index (Phi) is 4.20. The predicted molar refractivity (Wildman–Crippen MR) is 79.6 cm³/mol. The quantitative estimate of drug-likeness (QED) is 0.902. The van der Waals surface area contributed by atoms with E-state index in [9.17, 15) is 9.90 Å². The summed E-state index contributed by atoms with van der Waals surface area (Å²) in [6.45, 7) is 1.80. The largest absolute Gasteiger partial charge is 0.392 e. The fourth-order valence-corrected chi connectivity index (χ4v) is 2.74. The van der Waals surface area contributed by atoms with Gasteiger partial charge in [-0.3, -0.25) is 4.79 Å². The minimum atomic E-state index is -0.544. The lowest BCUT2D eigenvalue weighted by molar-refractivity contribution is -0.128. The van der Waals surface area contributed by atoms with Crippen LogP contribution in [0, 0.1) is 5.92 Å². The molecule has 3 unspecified atom stereocenters. The predicted octanol–water partition coefficient (Wildman–Crippen LogP) is 2.07. The van der Waals surface area contributed by atoms with Gasteiger partial charge in [0.2, 0.25) is 5.91 Å². The monoisotopic (exact) mass is 301 g/mol. The molecule has 1 fully saturated rings. The Bertz CT molecular complexity index is 641. The van der Waals surface area contributed by atoms with Crippen LogP contribution < -0.4 is 5.32 Å². The second kappa shape index (κ2) is 6.27. The van der Waals surface area contributed by atoms with Gasteiger partial charge in [0.05, 0.1) is 18.1 Å². The molecule has 3 rings (SSSR count). The van der Waals surface area contributed by atoms with Gasteiger partial charge in [-0.2, -0.15) is 4.98 Å². The van der Waals surface area contributed by atoms with E-state index in [1.165, 1.54) is 0 Å². The summed E-state index contributed by atoms with van der Waals surface area (Å²) in [6, 6.07) is 9.11. The number of nitrogens with one attached hydrogen (secondary N) is 1. The van der Waals surface area contributed by atoms with Crippen LogP contribution in [-0.4, -0.2) is 27.3 Å². The number of amides is 1. The first kappa shape index (κ1) is 14.7. The second-order valence-electron chi connectivity index (χ2n) is 5.66. The molecular weight excluding hydrogens is 282 g/mol. The molecule has 3 atom stereocenters. The molecule has 0 aliphatic heterocycles. The zero-order valence-corrected chi connectivity index (χ0v) is 12.4. The van der Waals surface area contributed by atoms with Gasteiger partial charge in [-0.05, 0) is 38.3 Å². The zero-order chi connectivity index (χ0) is 15.5. The van der Waals surface area contributed by atoms with E-state index in [0.717, 1.165) is 18.4 Å². The van der Waals surface area contributed by atoms with Crippen LogP contribution in [0.15, 0.2) is 34.9 Å². The molecule has 1 saturated carbocycles. The van der Waals surface area contributed by atoms with E-state index in [4.69, 9.17) is 4.52 Å². The number of carbonyl (C=O) groups is 1. The van der Waals surface area contributed by atoms with Crippen LogP contribution in [0.3, 0.4) is 0 Å². The zero-order valence-electron chi connectivity index (χ0n) is 12.4. The Labute approximate surface area is 128 Å². The molecule has 0 radical (unpaired) electrons. The first-order valence-electron chi connectivity index (χ1n) is 7.52. The number of benzene rings is 1. The Hall–Kier alpha value is -2.21. The molecule has 0 spiro atoms. The summed E-state index contributed by atoms with van der Waals surface area (Å²) in [7, 11) is 0. The van der Waals surface area contributed by atoms with Crippen LogP contribution in [-0.2, 0) is 4.79 Å². The van der Waals surface area contributed by atoms with Gasteiger partial charge in [-0.25, -0.2) is 0 Å². The molecular formula is C16H19N3O3. The van der Waals surface area contributed by atoms with Crippen molar-refractivity contribution in [2.45, 2.75) is 38.3 Å². The van der Waals surface area contributed by atoms with Crippen molar-refractivity contribution in [3.8, 4) is 11.5 Å². The third-order valence-corrected chi connectivity index (χ3v) is 4.02. The second-order valence-corrected chi connectivity index (χ2v) is 5.66. The molecule has 1 aromatic carbocycles. The van der Waals surface area contributed by atoms with E-state index in [1.54, 1.807) is 6.92 Å². The van der Waals surface area contributed by atoms with Crippen molar-refractivity contribution < 1.29 is 14.4 Å². The summed E-state index contributed by atoms with van der Waals surface area (Å²) in [4.78, 5) is 16.5. The Morgan fingerprint density at radius 2 is 2.14 bits per heavy atom. The van der Waals surface area contributed by atoms with Gasteiger partial charge < -0.3 is 14.9 Å². The average Bonchev–Trinajstić information content (AvgIpc) is 3.17. The van der Waals surface area contributed by atoms with Crippen molar-refractivity contribution in [3.05, 3.63) is 36.2 Å². The first-order chi connectivity index (χ1) is 10.6. The summed E-state index contributed by atoms with van der Waals surface area (Å²) < 4.78 is 5.24. The van der Waals surface area contributed by atoms with Crippen LogP contribution in [0.25, 0.3) is 11.5 Å². The van der Waals surface area contributed by atoms with Crippen LogP contribution in [0.2, 0.25) is 0 Å². The summed E-state index contributed by atoms with van der Waals surface area (Å²) in [5.74, 6) is 0.379. The standard InChI is InChI=1S/C16H19N3O3/c1-10(17-15(21)12-8-5-9-13(12)20)14-18-16(22-19-14)11-6-3-2-4-7-11/h2-4,6-7,10,12-13,20H,5,8-9H2,1H3,(H,17,21). The number of aliphatic hydroxyl groups excluding tert-OH is 1. The van der Waals surface area contributed by atoms with E-state index in [2.05, 4.69) is 15.5 Å². The van der Waals surface area contributed by atoms with Crippen LogP contribution in [0.4, 0.5) is 0 Å². The molecule has 0 saturated heterocycles. The molecule has 1 heterocycles. The fraction of sp³-hybridized carbons (Fsp3) is 0.438. The molecule has 6 nitrogen and oxygen atoms in total. The van der Waals surface area contributed by atoms with E-state index in [-0.39, 0.29) is 17.9 Å². The van der Waals surface area contributed by atoms with Crippen LogP contribution >= 0.6 is 0 Å². The maximum atomic E-state index is 12.2. The highest BCUT2D eigenvalue weighted by Crippen LogP contribution is 2.26. The Morgan fingerprint density at radius 3 is 2.82 bits per heavy atom. The number of rotatable bonds is 4. The first-order valence-corrected chi connectivity index (χ1v) is 7.52. The molecule has 6 heteroatoms. The van der Waals surface area contributed by atoms with Crippen LogP contribution in [0.1, 0.15) is 38.1 Å². The minimum Gasteiger partial charge on any atom is -0.392 e.